The summed E-state index contributed by atoms with van der Waals surface area (Å²) in [5.41, 5.74) is 6.40. The maximum absolute atomic E-state index is 6.11. The Hall–Kier alpha value is -2.46. The van der Waals surface area contributed by atoms with E-state index in [1.165, 1.54) is 22.3 Å². The van der Waals surface area contributed by atoms with E-state index in [1.54, 1.807) is 0 Å². The van der Waals surface area contributed by atoms with Crippen LogP contribution in [0.5, 0.6) is 0 Å². The van der Waals surface area contributed by atoms with Crippen LogP contribution in [0, 0.1) is 13.8 Å². The second-order valence-electron chi connectivity index (χ2n) is 6.87. The van der Waals surface area contributed by atoms with Crippen molar-refractivity contribution in [2.75, 3.05) is 0 Å². The molecule has 1 aliphatic heterocycles. The lowest BCUT2D eigenvalue weighted by atomic mass is 10.1. The lowest BCUT2D eigenvalue weighted by molar-refractivity contribution is -0.739. The molecule has 1 aliphatic carbocycles. The quantitative estimate of drug-likeness (QED) is 0.646. The number of aromatic nitrogens is 3. The van der Waals surface area contributed by atoms with Crippen molar-refractivity contribution in [1.82, 2.24) is 9.78 Å². The summed E-state index contributed by atoms with van der Waals surface area (Å²) in [5, 5.41) is 4.80. The summed E-state index contributed by atoms with van der Waals surface area (Å²) < 4.78 is 10.4. The van der Waals surface area contributed by atoms with Crippen molar-refractivity contribution >= 4 is 0 Å². The molecule has 0 saturated heterocycles. The standard InChI is InChI=1S/C20H20N3O/c1-13-7-8-17(14(2)9-13)23-12-22-19(21-23)11-24-18-10-15-5-3-4-6-16(15)20(18)22/h3-9,12,18,20H,10-11H2,1-2H3/q+1. The number of fused-ring (bicyclic) bond motifs is 5. The van der Waals surface area contributed by atoms with Crippen LogP contribution in [0.1, 0.15) is 34.1 Å². The van der Waals surface area contributed by atoms with Crippen LogP contribution in [0.15, 0.2) is 48.8 Å². The van der Waals surface area contributed by atoms with Crippen molar-refractivity contribution in [2.24, 2.45) is 0 Å². The van der Waals surface area contributed by atoms with Gasteiger partial charge in [-0.3, -0.25) is 0 Å². The van der Waals surface area contributed by atoms with Crippen LogP contribution in [-0.4, -0.2) is 15.9 Å². The highest BCUT2D eigenvalue weighted by Gasteiger charge is 2.43. The third kappa shape index (κ3) is 1.96. The Morgan fingerprint density at radius 2 is 2.04 bits per heavy atom. The zero-order chi connectivity index (χ0) is 16.3. The van der Waals surface area contributed by atoms with E-state index in [-0.39, 0.29) is 12.1 Å². The summed E-state index contributed by atoms with van der Waals surface area (Å²) in [6, 6.07) is 15.4. The zero-order valence-electron chi connectivity index (χ0n) is 13.9. The molecule has 0 amide bonds. The first kappa shape index (κ1) is 13.9. The van der Waals surface area contributed by atoms with Crippen molar-refractivity contribution in [3.8, 4) is 5.69 Å². The molecule has 0 spiro atoms. The smallest absolute Gasteiger partial charge is 0.304 e. The maximum Gasteiger partial charge on any atom is 0.304 e. The van der Waals surface area contributed by atoms with E-state index in [9.17, 15) is 0 Å². The number of rotatable bonds is 1. The van der Waals surface area contributed by atoms with Crippen LogP contribution in [-0.2, 0) is 17.8 Å². The summed E-state index contributed by atoms with van der Waals surface area (Å²) in [4.78, 5) is 0. The van der Waals surface area contributed by atoms with Gasteiger partial charge in [0, 0.05) is 11.5 Å². The molecule has 0 fully saturated rings. The predicted octanol–water partition coefficient (Wildman–Crippen LogP) is 2.82. The molecule has 2 unspecified atom stereocenters. The molecule has 2 heterocycles. The summed E-state index contributed by atoms with van der Waals surface area (Å²) in [7, 11) is 0. The summed E-state index contributed by atoms with van der Waals surface area (Å²) in [6.45, 7) is 4.83. The Balaban J connectivity index is 1.63. The molecule has 1 aromatic heterocycles. The van der Waals surface area contributed by atoms with Crippen molar-refractivity contribution in [3.63, 3.8) is 0 Å². The molecule has 4 nitrogen and oxygen atoms in total. The second kappa shape index (κ2) is 5.02. The minimum atomic E-state index is 0.219. The SMILES string of the molecule is Cc1ccc(-n2c[n+]3c(n2)COC2Cc4ccccc4C23)c(C)c1. The normalized spacial score (nSPS) is 21.2. The maximum atomic E-state index is 6.11. The van der Waals surface area contributed by atoms with Crippen LogP contribution >= 0.6 is 0 Å². The monoisotopic (exact) mass is 318 g/mol. The molecule has 24 heavy (non-hydrogen) atoms. The van der Waals surface area contributed by atoms with Crippen molar-refractivity contribution < 1.29 is 9.30 Å². The molecule has 120 valence electrons. The highest BCUT2D eigenvalue weighted by Crippen LogP contribution is 2.35. The fourth-order valence-corrected chi connectivity index (χ4v) is 4.10. The molecule has 0 saturated carbocycles. The molecule has 0 bridgehead atoms. The fourth-order valence-electron chi connectivity index (χ4n) is 4.10. The summed E-state index contributed by atoms with van der Waals surface area (Å²) in [6.07, 6.45) is 3.34. The first-order chi connectivity index (χ1) is 11.7. The van der Waals surface area contributed by atoms with Gasteiger partial charge in [0.25, 0.3) is 0 Å². The first-order valence-corrected chi connectivity index (χ1v) is 8.47. The average Bonchev–Trinajstić information content (AvgIpc) is 3.14. The predicted molar refractivity (Wildman–Crippen MR) is 90.1 cm³/mol. The van der Waals surface area contributed by atoms with Crippen LogP contribution < -0.4 is 4.57 Å². The number of hydrogen-bond acceptors (Lipinski definition) is 2. The van der Waals surface area contributed by atoms with Crippen molar-refractivity contribution in [1.29, 1.82) is 0 Å². The van der Waals surface area contributed by atoms with E-state index in [4.69, 9.17) is 9.84 Å². The number of ether oxygens (including phenoxy) is 1. The van der Waals surface area contributed by atoms with Gasteiger partial charge in [0.15, 0.2) is 0 Å². The van der Waals surface area contributed by atoms with Crippen molar-refractivity contribution in [3.05, 3.63) is 76.9 Å². The molecule has 2 aliphatic rings. The Labute approximate surface area is 141 Å². The van der Waals surface area contributed by atoms with Crippen LogP contribution in [0.3, 0.4) is 0 Å². The molecule has 5 rings (SSSR count). The molecule has 2 atom stereocenters. The Morgan fingerprint density at radius 3 is 2.92 bits per heavy atom. The van der Waals surface area contributed by atoms with Gasteiger partial charge in [-0.2, -0.15) is 0 Å². The third-order valence-electron chi connectivity index (χ3n) is 5.23. The summed E-state index contributed by atoms with van der Waals surface area (Å²) in [5.74, 6) is 0.993. The molecule has 0 N–H and O–H groups in total. The first-order valence-electron chi connectivity index (χ1n) is 8.47. The number of benzene rings is 2. The molecular weight excluding hydrogens is 298 g/mol. The summed E-state index contributed by atoms with van der Waals surface area (Å²) >= 11 is 0. The van der Waals surface area contributed by atoms with E-state index < -0.39 is 0 Å². The molecule has 0 radical (unpaired) electrons. The van der Waals surface area contributed by atoms with Crippen LogP contribution in [0.25, 0.3) is 5.69 Å². The molecule has 4 heteroatoms. The second-order valence-corrected chi connectivity index (χ2v) is 6.87. The van der Waals surface area contributed by atoms with Gasteiger partial charge < -0.3 is 4.74 Å². The Morgan fingerprint density at radius 1 is 1.17 bits per heavy atom. The Kier molecular flexibility index (Phi) is 2.91. The molecule has 2 aromatic carbocycles. The van der Waals surface area contributed by atoms with Gasteiger partial charge in [0.2, 0.25) is 6.33 Å². The third-order valence-corrected chi connectivity index (χ3v) is 5.23. The lowest BCUT2D eigenvalue weighted by Crippen LogP contribution is -2.51. The lowest BCUT2D eigenvalue weighted by Gasteiger charge is -2.23. The largest absolute Gasteiger partial charge is 0.363 e. The van der Waals surface area contributed by atoms with Crippen LogP contribution in [0.4, 0.5) is 0 Å². The van der Waals surface area contributed by atoms with Gasteiger partial charge in [0.05, 0.1) is 0 Å². The highest BCUT2D eigenvalue weighted by molar-refractivity contribution is 5.41. The Bertz CT molecular complexity index is 944. The minimum Gasteiger partial charge on any atom is -0.363 e. The molecule has 3 aromatic rings. The van der Waals surface area contributed by atoms with Gasteiger partial charge >= 0.3 is 5.82 Å². The van der Waals surface area contributed by atoms with E-state index in [2.05, 4.69) is 67.2 Å². The minimum absolute atomic E-state index is 0.219. The number of hydrogen-bond donors (Lipinski definition) is 0. The van der Waals surface area contributed by atoms with Gasteiger partial charge in [-0.25, -0.2) is 4.57 Å². The molecular formula is C20H20N3O+. The van der Waals surface area contributed by atoms with E-state index >= 15 is 0 Å². The van der Waals surface area contributed by atoms with Gasteiger partial charge in [-0.05, 0) is 36.6 Å². The topological polar surface area (TPSA) is 30.9 Å². The van der Waals surface area contributed by atoms with E-state index in [0.717, 1.165) is 17.9 Å². The highest BCUT2D eigenvalue weighted by atomic mass is 16.5. The van der Waals surface area contributed by atoms with Gasteiger partial charge in [-0.1, -0.05) is 46.6 Å². The zero-order valence-corrected chi connectivity index (χ0v) is 13.9. The van der Waals surface area contributed by atoms with Crippen LogP contribution in [0.2, 0.25) is 0 Å². The van der Waals surface area contributed by atoms with Gasteiger partial charge in [-0.15, -0.1) is 0 Å². The number of aryl methyl sites for hydroxylation is 2. The van der Waals surface area contributed by atoms with Crippen molar-refractivity contribution in [2.45, 2.75) is 39.0 Å². The van der Waals surface area contributed by atoms with Gasteiger partial charge in [0.1, 0.15) is 24.4 Å². The van der Waals surface area contributed by atoms with E-state index in [0.29, 0.717) is 6.61 Å². The van der Waals surface area contributed by atoms with E-state index in [1.807, 2.05) is 4.68 Å². The number of nitrogens with zero attached hydrogens (tertiary/aromatic N) is 3. The average molecular weight is 318 g/mol. The fraction of sp³-hybridized carbons (Fsp3) is 0.300.